The third kappa shape index (κ3) is 1.89. The molecule has 1 amide bonds. The van der Waals surface area contributed by atoms with Crippen molar-refractivity contribution in [3.63, 3.8) is 0 Å². The third-order valence-corrected chi connectivity index (χ3v) is 6.16. The Hall–Kier alpha value is -2.66. The Labute approximate surface area is 150 Å². The van der Waals surface area contributed by atoms with Crippen molar-refractivity contribution in [1.29, 1.82) is 0 Å². The van der Waals surface area contributed by atoms with Gasteiger partial charge in [-0.2, -0.15) is 0 Å². The summed E-state index contributed by atoms with van der Waals surface area (Å²) in [6.45, 7) is 2.40. The maximum absolute atomic E-state index is 13.2. The van der Waals surface area contributed by atoms with Crippen molar-refractivity contribution < 1.29 is 19.4 Å². The first-order valence-electron chi connectivity index (χ1n) is 8.90. The van der Waals surface area contributed by atoms with E-state index in [0.717, 1.165) is 16.3 Å². The van der Waals surface area contributed by atoms with Crippen LogP contribution in [0.5, 0.6) is 0 Å². The lowest BCUT2D eigenvalue weighted by Crippen LogP contribution is -2.39. The molecule has 0 aromatic heterocycles. The molecule has 3 heterocycles. The second-order valence-corrected chi connectivity index (χ2v) is 7.45. The van der Waals surface area contributed by atoms with Crippen LogP contribution < -0.4 is 0 Å². The first kappa shape index (κ1) is 15.6. The molecule has 2 fully saturated rings. The highest BCUT2D eigenvalue weighted by Crippen LogP contribution is 2.53. The van der Waals surface area contributed by atoms with Gasteiger partial charge in [0.1, 0.15) is 11.5 Å². The summed E-state index contributed by atoms with van der Waals surface area (Å²) in [7, 11) is 0. The molecule has 0 radical (unpaired) electrons. The molecule has 132 valence electrons. The van der Waals surface area contributed by atoms with Crippen LogP contribution in [0.15, 0.2) is 54.6 Å². The average Bonchev–Trinajstić information content (AvgIpc) is 3.29. The van der Waals surface area contributed by atoms with Crippen LogP contribution in [0.25, 0.3) is 10.8 Å². The maximum atomic E-state index is 13.2. The minimum atomic E-state index is -0.959. The van der Waals surface area contributed by atoms with E-state index >= 15 is 0 Å². The van der Waals surface area contributed by atoms with Gasteiger partial charge in [-0.3, -0.25) is 9.59 Å². The van der Waals surface area contributed by atoms with Gasteiger partial charge < -0.3 is 14.7 Å². The van der Waals surface area contributed by atoms with E-state index in [1.54, 1.807) is 11.0 Å². The quantitative estimate of drug-likeness (QED) is 0.866. The number of carbonyl (C=O) groups excluding carboxylic acids is 1. The van der Waals surface area contributed by atoms with Gasteiger partial charge in [0.15, 0.2) is 0 Å². The molecule has 3 aliphatic rings. The van der Waals surface area contributed by atoms with Crippen molar-refractivity contribution in [3.8, 4) is 0 Å². The summed E-state index contributed by atoms with van der Waals surface area (Å²) < 4.78 is 5.98. The van der Waals surface area contributed by atoms with Crippen molar-refractivity contribution in [2.75, 3.05) is 6.54 Å². The van der Waals surface area contributed by atoms with E-state index in [-0.39, 0.29) is 11.9 Å². The summed E-state index contributed by atoms with van der Waals surface area (Å²) in [5.74, 6) is -2.51. The number of likely N-dealkylation sites (tertiary alicyclic amines) is 1. The molecule has 1 spiro atoms. The zero-order valence-corrected chi connectivity index (χ0v) is 14.3. The Morgan fingerprint density at radius 2 is 2.04 bits per heavy atom. The number of aliphatic carboxylic acids is 1. The predicted octanol–water partition coefficient (Wildman–Crippen LogP) is 2.77. The Balaban J connectivity index is 1.55. The summed E-state index contributed by atoms with van der Waals surface area (Å²) in [6, 6.07) is 14.0. The van der Waals surface area contributed by atoms with Crippen LogP contribution in [0, 0.1) is 11.8 Å². The van der Waals surface area contributed by atoms with Gasteiger partial charge in [0.25, 0.3) is 0 Å². The third-order valence-electron chi connectivity index (χ3n) is 6.16. The number of hydrogen-bond donors (Lipinski definition) is 1. The molecule has 5 heteroatoms. The lowest BCUT2D eigenvalue weighted by atomic mass is 9.77. The minimum absolute atomic E-state index is 0.121. The fraction of sp³-hybridized carbons (Fsp3) is 0.333. The standard InChI is InChI=1S/C21H19NO4/c1-12(14-8-4-6-13-5-2-3-7-15(13)14)22-11-21-10-9-16(26-21)17(20(24)25)18(21)19(22)23/h2-10,12,16-18H,11H2,1H3,(H,24,25). The number of carboxylic acids is 1. The molecule has 26 heavy (non-hydrogen) atoms. The first-order chi connectivity index (χ1) is 12.5. The summed E-state index contributed by atoms with van der Waals surface area (Å²) in [5, 5.41) is 11.8. The highest BCUT2D eigenvalue weighted by atomic mass is 16.5. The van der Waals surface area contributed by atoms with E-state index in [0.29, 0.717) is 6.54 Å². The molecule has 2 saturated heterocycles. The number of nitrogens with zero attached hydrogens (tertiary/aromatic N) is 1. The smallest absolute Gasteiger partial charge is 0.310 e. The summed E-state index contributed by atoms with van der Waals surface area (Å²) in [4.78, 5) is 26.7. The molecule has 3 aliphatic heterocycles. The van der Waals surface area contributed by atoms with Gasteiger partial charge in [-0.1, -0.05) is 54.6 Å². The van der Waals surface area contributed by atoms with Crippen molar-refractivity contribution in [2.45, 2.75) is 24.7 Å². The molecular formula is C21H19NO4. The second kappa shape index (κ2) is 5.17. The molecule has 1 N–H and O–H groups in total. The van der Waals surface area contributed by atoms with Crippen LogP contribution in [0.1, 0.15) is 18.5 Å². The lowest BCUT2D eigenvalue weighted by molar-refractivity contribution is -0.148. The van der Waals surface area contributed by atoms with E-state index in [9.17, 15) is 14.7 Å². The zero-order valence-electron chi connectivity index (χ0n) is 14.3. The molecule has 5 atom stereocenters. The molecule has 0 aliphatic carbocycles. The van der Waals surface area contributed by atoms with Crippen LogP contribution >= 0.6 is 0 Å². The minimum Gasteiger partial charge on any atom is -0.481 e. The Morgan fingerprint density at radius 3 is 2.85 bits per heavy atom. The summed E-state index contributed by atoms with van der Waals surface area (Å²) >= 11 is 0. The normalized spacial score (nSPS) is 33.0. The molecule has 5 unspecified atom stereocenters. The van der Waals surface area contributed by atoms with Crippen LogP contribution in [0.4, 0.5) is 0 Å². The monoisotopic (exact) mass is 349 g/mol. The van der Waals surface area contributed by atoms with Gasteiger partial charge in [-0.25, -0.2) is 0 Å². The molecule has 5 rings (SSSR count). The fourth-order valence-electron chi connectivity index (χ4n) is 4.92. The molecule has 0 saturated carbocycles. The molecule has 5 nitrogen and oxygen atoms in total. The van der Waals surface area contributed by atoms with Crippen LogP contribution in [0.2, 0.25) is 0 Å². The molecule has 2 bridgehead atoms. The van der Waals surface area contributed by atoms with Crippen molar-refractivity contribution in [3.05, 3.63) is 60.2 Å². The largest absolute Gasteiger partial charge is 0.481 e. The highest BCUT2D eigenvalue weighted by Gasteiger charge is 2.67. The highest BCUT2D eigenvalue weighted by molar-refractivity contribution is 5.92. The summed E-state index contributed by atoms with van der Waals surface area (Å²) in [5.41, 5.74) is 0.280. The van der Waals surface area contributed by atoms with Gasteiger partial charge in [0, 0.05) is 0 Å². The second-order valence-electron chi connectivity index (χ2n) is 7.45. The van der Waals surface area contributed by atoms with E-state index < -0.39 is 29.5 Å². The van der Waals surface area contributed by atoms with E-state index in [4.69, 9.17) is 4.74 Å². The van der Waals surface area contributed by atoms with E-state index in [2.05, 4.69) is 18.2 Å². The number of carbonyl (C=O) groups is 2. The number of hydrogen-bond acceptors (Lipinski definition) is 3. The van der Waals surface area contributed by atoms with Gasteiger partial charge in [0.2, 0.25) is 5.91 Å². The van der Waals surface area contributed by atoms with Crippen LogP contribution in [0.3, 0.4) is 0 Å². The SMILES string of the molecule is CC(c1cccc2ccccc12)N1CC23C=CC(O2)C(C(=O)O)C3C1=O. The summed E-state index contributed by atoms with van der Waals surface area (Å²) in [6.07, 6.45) is 3.21. The molecular weight excluding hydrogens is 330 g/mol. The van der Waals surface area contributed by atoms with Gasteiger partial charge in [-0.15, -0.1) is 0 Å². The topological polar surface area (TPSA) is 66.8 Å². The van der Waals surface area contributed by atoms with Gasteiger partial charge >= 0.3 is 5.97 Å². The van der Waals surface area contributed by atoms with Gasteiger partial charge in [0.05, 0.1) is 24.6 Å². The number of amides is 1. The Kier molecular flexibility index (Phi) is 3.10. The molecule has 2 aromatic carbocycles. The number of fused-ring (bicyclic) bond motifs is 2. The number of carboxylic acid groups (broad SMARTS) is 1. The van der Waals surface area contributed by atoms with Crippen LogP contribution in [-0.2, 0) is 14.3 Å². The number of ether oxygens (including phenoxy) is 1. The van der Waals surface area contributed by atoms with Gasteiger partial charge in [-0.05, 0) is 23.3 Å². The van der Waals surface area contributed by atoms with Crippen molar-refractivity contribution in [1.82, 2.24) is 4.90 Å². The van der Waals surface area contributed by atoms with Crippen LogP contribution in [-0.4, -0.2) is 40.1 Å². The first-order valence-corrected chi connectivity index (χ1v) is 8.90. The number of benzene rings is 2. The maximum Gasteiger partial charge on any atom is 0.310 e. The van der Waals surface area contributed by atoms with Crippen molar-refractivity contribution >= 4 is 22.6 Å². The van der Waals surface area contributed by atoms with E-state index in [1.165, 1.54) is 0 Å². The lowest BCUT2D eigenvalue weighted by Gasteiger charge is -2.28. The molecule has 2 aromatic rings. The van der Waals surface area contributed by atoms with E-state index in [1.807, 2.05) is 37.3 Å². The predicted molar refractivity (Wildman–Crippen MR) is 95.4 cm³/mol. The Bertz CT molecular complexity index is 962. The van der Waals surface area contributed by atoms with Crippen molar-refractivity contribution in [2.24, 2.45) is 11.8 Å². The number of rotatable bonds is 3. The Morgan fingerprint density at radius 1 is 1.27 bits per heavy atom. The average molecular weight is 349 g/mol. The fourth-order valence-corrected chi connectivity index (χ4v) is 4.92. The zero-order chi connectivity index (χ0) is 18.1.